The van der Waals surface area contributed by atoms with Gasteiger partial charge in [0.15, 0.2) is 24.0 Å². The summed E-state index contributed by atoms with van der Waals surface area (Å²) in [6, 6.07) is 1.39. The highest BCUT2D eigenvalue weighted by Crippen LogP contribution is 2.56. The van der Waals surface area contributed by atoms with Gasteiger partial charge in [0.1, 0.15) is 82.7 Å². The van der Waals surface area contributed by atoms with E-state index in [1.54, 1.807) is 73.8 Å². The Bertz CT molecular complexity index is 3450. The summed E-state index contributed by atoms with van der Waals surface area (Å²) in [5.41, 5.74) is -3.61. The molecule has 1 saturated carbocycles. The number of esters is 1. The molecule has 8 aliphatic rings. The smallest absolute Gasteiger partial charge is 0.311 e. The van der Waals surface area contributed by atoms with Crippen molar-refractivity contribution >= 4 is 58.5 Å². The van der Waals surface area contributed by atoms with Gasteiger partial charge in [0.05, 0.1) is 82.6 Å². The number of rotatable bonds is 16. The number of nitrogens with two attached hydrogens (primary N) is 1. The van der Waals surface area contributed by atoms with Crippen molar-refractivity contribution in [2.24, 2.45) is 41.2 Å². The number of ketones is 2. The van der Waals surface area contributed by atoms with E-state index in [1.807, 2.05) is 63.7 Å². The van der Waals surface area contributed by atoms with Gasteiger partial charge in [0.25, 0.3) is 5.91 Å². The van der Waals surface area contributed by atoms with Crippen LogP contribution in [0.15, 0.2) is 35.1 Å². The van der Waals surface area contributed by atoms with Crippen molar-refractivity contribution in [1.29, 1.82) is 0 Å². The van der Waals surface area contributed by atoms with Gasteiger partial charge >= 0.3 is 5.97 Å². The lowest BCUT2D eigenvalue weighted by molar-refractivity contribution is -0.318. The molecule has 0 bridgehead atoms. The van der Waals surface area contributed by atoms with Crippen LogP contribution in [0.2, 0.25) is 0 Å². The largest absolute Gasteiger partial charge is 0.508 e. The number of ether oxygens (including phenoxy) is 7. The van der Waals surface area contributed by atoms with E-state index in [4.69, 9.17) is 50.5 Å². The zero-order chi connectivity index (χ0) is 83.8. The lowest BCUT2D eigenvalue weighted by Gasteiger charge is -2.53. The van der Waals surface area contributed by atoms with E-state index in [1.165, 1.54) is 50.9 Å². The van der Waals surface area contributed by atoms with Gasteiger partial charge in [-0.25, -0.2) is 0 Å². The van der Waals surface area contributed by atoms with Gasteiger partial charge in [-0.15, -0.1) is 23.4 Å². The molecule has 34 heteroatoms. The van der Waals surface area contributed by atoms with Crippen LogP contribution in [0.1, 0.15) is 152 Å². The van der Waals surface area contributed by atoms with Crippen molar-refractivity contribution in [2.75, 3.05) is 68.7 Å². The van der Waals surface area contributed by atoms with Gasteiger partial charge in [0, 0.05) is 56.1 Å². The molecule has 5 saturated heterocycles. The molecular weight excluding hydrogens is 1500 g/mol. The summed E-state index contributed by atoms with van der Waals surface area (Å²) < 4.78 is 43.3. The number of hydrogen-bond donors (Lipinski definition) is 15. The van der Waals surface area contributed by atoms with Crippen LogP contribution in [0.25, 0.3) is 5.76 Å². The minimum absolute atomic E-state index is 0. The number of benzene rings is 1. The molecule has 18 N–H and O–H groups in total. The van der Waals surface area contributed by atoms with Crippen LogP contribution in [-0.4, -0.2) is 345 Å². The van der Waals surface area contributed by atoms with Crippen molar-refractivity contribution in [2.45, 2.75) is 296 Å². The molecule has 32 nitrogen and oxygen atoms in total. The van der Waals surface area contributed by atoms with Gasteiger partial charge in [0.2, 0.25) is 11.7 Å². The van der Waals surface area contributed by atoms with Crippen LogP contribution < -0.4 is 11.1 Å². The molecular formula is C78H131ClN6O26S. The number of aliphatic hydroxyl groups excluding tert-OH is 9. The van der Waals surface area contributed by atoms with Gasteiger partial charge in [-0.05, 0) is 165 Å². The Morgan fingerprint density at radius 1 is 0.804 bits per heavy atom. The zero-order valence-corrected chi connectivity index (χ0v) is 70.3. The van der Waals surface area contributed by atoms with E-state index >= 15 is 0 Å². The first-order valence-corrected chi connectivity index (χ1v) is 40.5. The molecule has 6 fully saturated rings. The number of nitrogens with one attached hydrogen (secondary N) is 1. The number of aliphatic hydroxyl groups is 12. The third kappa shape index (κ3) is 19.5. The number of cyclic esters (lactones) is 1. The minimum Gasteiger partial charge on any atom is -0.508 e. The van der Waals surface area contributed by atoms with Crippen LogP contribution in [0.5, 0.6) is 5.75 Å². The SMILES string of the molecule is CCC[C@@H]1C[C@@H](C(=O)N[C@@H]([C@H]2O[C@H](SC)[C@H](O)[C@@H](O)[C@H]2O)[C@H](C)Cl)N(C)C1.CC[C@H]1OC(=O)[C@H](C)[C@@H](O[C@H]2C[C@@](C)(OC)[C@@H](O)[C@H](C)O2)[C@H](C)[C@@H](O[C@@H]2O[C@H](C)C[C@H](N(C)C)[C@H]2O)[C@](C)(O)C[C@@H](C)CN(C)[C@H](C)[C@@H](O)[C@]1(C)O.C[C@H]1c2cccc(O)c2C(O)=C2C(=O)[C@]3(O)C(O)=C(C(N)=O)C(=O)[C@@H](N(C)C)[C@@H]3[C@@H](O)[C@@H]21.O. The number of halogens is 1. The number of Topliss-reactive ketones (excluding diaryl/α,β-unsaturated/α-hetero) is 2. The van der Waals surface area contributed by atoms with Crippen molar-refractivity contribution in [3.05, 3.63) is 46.2 Å². The molecule has 0 spiro atoms. The Morgan fingerprint density at radius 3 is 1.98 bits per heavy atom. The number of nitrogens with zero attached hydrogens (tertiary/aromatic N) is 4. The molecule has 0 aromatic heterocycles. The molecule has 5 aliphatic heterocycles. The number of hydrogen-bond acceptors (Lipinski definition) is 30. The molecule has 112 heavy (non-hydrogen) atoms. The highest BCUT2D eigenvalue weighted by molar-refractivity contribution is 7.99. The summed E-state index contributed by atoms with van der Waals surface area (Å²) in [7, 11) is 12.0. The van der Waals surface area contributed by atoms with Crippen LogP contribution in [-0.2, 0) is 57.1 Å². The highest BCUT2D eigenvalue weighted by Gasteiger charge is 2.69. The molecule has 0 unspecified atom stereocenters. The number of amides is 2. The summed E-state index contributed by atoms with van der Waals surface area (Å²) in [5.74, 6) is -11.1. The maximum absolute atomic E-state index is 14.2. The third-order valence-electron chi connectivity index (χ3n) is 24.8. The van der Waals surface area contributed by atoms with Gasteiger partial charge in [-0.3, -0.25) is 33.8 Å². The third-order valence-corrected chi connectivity index (χ3v) is 26.0. The summed E-state index contributed by atoms with van der Waals surface area (Å²) in [6.07, 6.45) is -9.88. The number of methoxy groups -OCH3 is 1. The maximum atomic E-state index is 14.2. The van der Waals surface area contributed by atoms with E-state index < -0.39 is 213 Å². The number of carbonyl (C=O) groups is 5. The first kappa shape index (κ1) is 96.5. The van der Waals surface area contributed by atoms with Crippen molar-refractivity contribution < 1.29 is 129 Å². The van der Waals surface area contributed by atoms with Crippen LogP contribution >= 0.6 is 23.4 Å². The second kappa shape index (κ2) is 38.6. The molecule has 0 radical (unpaired) electrons. The average Bonchev–Trinajstić information content (AvgIpc) is 0.725. The van der Waals surface area contributed by atoms with E-state index in [0.29, 0.717) is 24.4 Å². The van der Waals surface area contributed by atoms with Crippen molar-refractivity contribution in [3.63, 3.8) is 0 Å². The normalized spacial score (nSPS) is 42.5. The fraction of sp³-hybridized carbons (Fsp3) is 0.808. The number of likely N-dealkylation sites (tertiary alicyclic amines) is 1. The molecule has 3 aliphatic carbocycles. The molecule has 9 rings (SSSR count). The number of thioether (sulfide) groups is 1. The lowest BCUT2D eigenvalue weighted by atomic mass is 9.54. The summed E-state index contributed by atoms with van der Waals surface area (Å²) in [6.45, 7) is 24.5. The Balaban J connectivity index is 0.000000279. The summed E-state index contributed by atoms with van der Waals surface area (Å²) >= 11 is 7.55. The number of carbonyl (C=O) groups excluding carboxylic acids is 5. The van der Waals surface area contributed by atoms with Crippen LogP contribution in [0, 0.1) is 35.5 Å². The first-order chi connectivity index (χ1) is 51.5. The van der Waals surface area contributed by atoms with Crippen molar-refractivity contribution in [3.8, 4) is 5.75 Å². The summed E-state index contributed by atoms with van der Waals surface area (Å²) in [5, 5.41) is 146. The zero-order valence-electron chi connectivity index (χ0n) is 68.7. The van der Waals surface area contributed by atoms with Gasteiger partial charge < -0.3 is 126 Å². The molecule has 1 aromatic carbocycles. The molecule has 642 valence electrons. The minimum atomic E-state index is -2.89. The van der Waals surface area contributed by atoms with E-state index in [-0.39, 0.29) is 66.1 Å². The monoisotopic (exact) mass is 1630 g/mol. The fourth-order valence-corrected chi connectivity index (χ4v) is 19.3. The molecule has 2 amide bonds. The number of phenols is 1. The van der Waals surface area contributed by atoms with Crippen LogP contribution in [0.4, 0.5) is 0 Å². The average molecular weight is 1640 g/mol. The quantitative estimate of drug-likeness (QED) is 0.0623. The maximum Gasteiger partial charge on any atom is 0.311 e. The topological polar surface area (TPSA) is 495 Å². The van der Waals surface area contributed by atoms with E-state index in [0.717, 1.165) is 25.8 Å². The van der Waals surface area contributed by atoms with Gasteiger partial charge in [-0.2, -0.15) is 0 Å². The van der Waals surface area contributed by atoms with E-state index in [2.05, 4.69) is 12.2 Å². The Labute approximate surface area is 667 Å². The standard InChI is InChI=1S/C38H72N2O12.C22H24N2O8.C18H33ClN2O5S.H2O/c1-15-27-38(10,46)31(42)24(6)40(13)19-20(2)17-36(8,45)33(52-35-29(41)26(39(11)12)16-21(3)48-35)22(4)30(23(5)34(44)50-27)51-28-18-37(9,47-14)32(43)25(7)49-28;1-7-8-5-4-6-9(25)11(8)16(26)12-10(7)17(27)14-15(24(2)3)18(28)13(21(23)31)20(30)22(14,32)19(12)29;1-5-6-10-7-11(21(3)8-10)17(25)20-12(9(2)19)16-14(23)13(22)15(24)18(26-16)27-4;/h20-33,35,41-43,45-46H,15-19H2,1-14H3;4-7,10,14-15,17,25-27,30,32H,1-3H3,(H2,23,31);9-16,18,22-24H,5-8H2,1-4H3,(H,20,25);1H2/t20-,21-,22+,23-,24-,25+,26+,27-,28+,29-,30+,31-,32+,33-,35+,36-,37-,38-;7-,10+,14+,15-,17-,22-;9-,10+,11-,12+,13-,14+,15+,16+,18+;/m100./s1. The van der Waals surface area contributed by atoms with Crippen molar-refractivity contribution in [1.82, 2.24) is 24.9 Å². The van der Waals surface area contributed by atoms with Gasteiger partial charge in [-0.1, -0.05) is 53.2 Å². The Morgan fingerprint density at radius 2 is 1.43 bits per heavy atom. The predicted octanol–water partition coefficient (Wildman–Crippen LogP) is 0.961. The lowest BCUT2D eigenvalue weighted by Crippen LogP contribution is -2.70. The second-order valence-corrected chi connectivity index (χ2v) is 35.3. The van der Waals surface area contributed by atoms with E-state index in [9.17, 15) is 90.4 Å². The number of phenolic OH excluding ortho intramolecular Hbond substituents is 1. The molecule has 5 heterocycles. The summed E-state index contributed by atoms with van der Waals surface area (Å²) in [4.78, 5) is 72.9. The molecule has 1 aromatic rings. The molecule has 33 atom stereocenters. The van der Waals surface area contributed by atoms with Crippen LogP contribution in [0.3, 0.4) is 0 Å². The number of alkyl halides is 1. The predicted molar refractivity (Wildman–Crippen MR) is 415 cm³/mol. The number of aromatic hydroxyl groups is 1. The fourth-order valence-electron chi connectivity index (χ4n) is 18.4. The second-order valence-electron chi connectivity index (χ2n) is 33.7. The Kier molecular flexibility index (Phi) is 33.2. The number of primary amides is 1. The first-order valence-electron chi connectivity index (χ1n) is 38.7. The highest BCUT2D eigenvalue weighted by atomic mass is 35.5. The number of fused-ring (bicyclic) bond motifs is 3. The number of likely N-dealkylation sites (N-methyl/N-ethyl adjacent to an activating group) is 4. The Hall–Kier alpha value is -4.35.